The van der Waals surface area contributed by atoms with E-state index in [2.05, 4.69) is 6.92 Å². The molecule has 0 aromatic heterocycles. The maximum Gasteiger partial charge on any atom is 0.113 e. The van der Waals surface area contributed by atoms with Crippen LogP contribution in [0.1, 0.15) is 65.2 Å². The van der Waals surface area contributed by atoms with Crippen LogP contribution in [0.3, 0.4) is 0 Å². The van der Waals surface area contributed by atoms with Crippen molar-refractivity contribution in [1.29, 1.82) is 0 Å². The molecule has 0 amide bonds. The fourth-order valence-corrected chi connectivity index (χ4v) is 1.39. The van der Waals surface area contributed by atoms with Crippen molar-refractivity contribution in [3.63, 3.8) is 0 Å². The first-order chi connectivity index (χ1) is 6.12. The Balaban J connectivity index is 3.16. The van der Waals surface area contributed by atoms with Gasteiger partial charge in [0.05, 0.1) is 0 Å². The van der Waals surface area contributed by atoms with Crippen LogP contribution in [0.15, 0.2) is 0 Å². The van der Waals surface area contributed by atoms with Crippen LogP contribution >= 0.6 is 0 Å². The zero-order valence-electron chi connectivity index (χ0n) is 9.18. The molecular formula is C11H25NO. The highest BCUT2D eigenvalue weighted by Gasteiger charge is 2.16. The summed E-state index contributed by atoms with van der Waals surface area (Å²) in [7, 11) is 0. The molecule has 80 valence electrons. The van der Waals surface area contributed by atoms with Gasteiger partial charge in [0, 0.05) is 0 Å². The summed E-state index contributed by atoms with van der Waals surface area (Å²) in [5.41, 5.74) is 4.70. The number of unbranched alkanes of at least 4 members (excludes halogenated alkanes) is 5. The molecule has 0 aromatic rings. The SMILES string of the molecule is CCCCCCCCC(N)(O)CC. The lowest BCUT2D eigenvalue weighted by Gasteiger charge is -2.20. The minimum atomic E-state index is -0.912. The smallest absolute Gasteiger partial charge is 0.113 e. The second kappa shape index (κ2) is 7.34. The largest absolute Gasteiger partial charge is 0.376 e. The molecule has 0 spiro atoms. The summed E-state index contributed by atoms with van der Waals surface area (Å²) >= 11 is 0. The van der Waals surface area contributed by atoms with Gasteiger partial charge in [0.25, 0.3) is 0 Å². The highest BCUT2D eigenvalue weighted by Crippen LogP contribution is 2.14. The molecule has 0 aromatic carbocycles. The normalized spacial score (nSPS) is 15.7. The van der Waals surface area contributed by atoms with E-state index in [1.807, 2.05) is 6.92 Å². The monoisotopic (exact) mass is 187 g/mol. The summed E-state index contributed by atoms with van der Waals surface area (Å²) in [5, 5.41) is 9.50. The van der Waals surface area contributed by atoms with Crippen LogP contribution in [0.5, 0.6) is 0 Å². The van der Waals surface area contributed by atoms with E-state index in [4.69, 9.17) is 5.73 Å². The van der Waals surface area contributed by atoms with Crippen LogP contribution in [0.2, 0.25) is 0 Å². The van der Waals surface area contributed by atoms with E-state index in [0.717, 1.165) is 12.8 Å². The lowest BCUT2D eigenvalue weighted by molar-refractivity contribution is 0.0314. The molecule has 0 aliphatic carbocycles. The molecule has 0 rings (SSSR count). The highest BCUT2D eigenvalue weighted by molar-refractivity contribution is 4.67. The van der Waals surface area contributed by atoms with Gasteiger partial charge in [0.1, 0.15) is 5.72 Å². The molecule has 0 radical (unpaired) electrons. The summed E-state index contributed by atoms with van der Waals surface area (Å²) in [6.07, 6.45) is 8.90. The van der Waals surface area contributed by atoms with Crippen molar-refractivity contribution in [3.05, 3.63) is 0 Å². The third-order valence-corrected chi connectivity index (χ3v) is 2.58. The maximum atomic E-state index is 9.50. The fourth-order valence-electron chi connectivity index (χ4n) is 1.39. The van der Waals surface area contributed by atoms with Gasteiger partial charge < -0.3 is 10.8 Å². The standard InChI is InChI=1S/C11H25NO/c1-3-5-6-7-8-9-10-11(12,13)4-2/h13H,3-10,12H2,1-2H3. The van der Waals surface area contributed by atoms with Gasteiger partial charge in [-0.25, -0.2) is 0 Å². The van der Waals surface area contributed by atoms with E-state index < -0.39 is 5.72 Å². The summed E-state index contributed by atoms with van der Waals surface area (Å²) in [6.45, 7) is 4.15. The molecule has 0 bridgehead atoms. The Kier molecular flexibility index (Phi) is 7.29. The minimum absolute atomic E-state index is 0.655. The predicted octanol–water partition coefficient (Wildman–Crippen LogP) is 2.79. The van der Waals surface area contributed by atoms with Crippen molar-refractivity contribution >= 4 is 0 Å². The topological polar surface area (TPSA) is 46.2 Å². The van der Waals surface area contributed by atoms with Crippen LogP contribution in [0, 0.1) is 0 Å². The van der Waals surface area contributed by atoms with Gasteiger partial charge in [-0.2, -0.15) is 0 Å². The Morgan fingerprint density at radius 1 is 1.00 bits per heavy atom. The fraction of sp³-hybridized carbons (Fsp3) is 1.00. The molecule has 1 atom stereocenters. The molecule has 0 saturated carbocycles. The predicted molar refractivity (Wildman–Crippen MR) is 57.4 cm³/mol. The molecule has 2 nitrogen and oxygen atoms in total. The molecule has 2 heteroatoms. The van der Waals surface area contributed by atoms with Crippen LogP contribution in [-0.2, 0) is 0 Å². The van der Waals surface area contributed by atoms with E-state index in [1.54, 1.807) is 0 Å². The molecule has 0 saturated heterocycles. The van der Waals surface area contributed by atoms with Gasteiger partial charge in [0.15, 0.2) is 0 Å². The first-order valence-corrected chi connectivity index (χ1v) is 5.63. The molecule has 0 aliphatic rings. The third kappa shape index (κ3) is 8.26. The van der Waals surface area contributed by atoms with Crippen molar-refractivity contribution in [2.75, 3.05) is 0 Å². The number of aliphatic hydroxyl groups is 1. The Hall–Kier alpha value is -0.0800. The first-order valence-electron chi connectivity index (χ1n) is 5.63. The lowest BCUT2D eigenvalue weighted by atomic mass is 10.0. The zero-order valence-corrected chi connectivity index (χ0v) is 9.18. The van der Waals surface area contributed by atoms with Crippen LogP contribution in [-0.4, -0.2) is 10.8 Å². The second-order valence-electron chi connectivity index (χ2n) is 3.97. The maximum absolute atomic E-state index is 9.50. The summed E-state index contributed by atoms with van der Waals surface area (Å²) in [6, 6.07) is 0. The van der Waals surface area contributed by atoms with Gasteiger partial charge in [-0.05, 0) is 19.3 Å². The second-order valence-corrected chi connectivity index (χ2v) is 3.97. The number of nitrogens with two attached hydrogens (primary N) is 1. The molecule has 0 aliphatic heterocycles. The summed E-state index contributed by atoms with van der Waals surface area (Å²) < 4.78 is 0. The number of hydrogen-bond donors (Lipinski definition) is 2. The molecule has 3 N–H and O–H groups in total. The van der Waals surface area contributed by atoms with Crippen molar-refractivity contribution in [2.45, 2.75) is 70.9 Å². The van der Waals surface area contributed by atoms with E-state index in [-0.39, 0.29) is 0 Å². The van der Waals surface area contributed by atoms with Crippen molar-refractivity contribution < 1.29 is 5.11 Å². The van der Waals surface area contributed by atoms with Gasteiger partial charge in [-0.15, -0.1) is 0 Å². The average molecular weight is 187 g/mol. The molecule has 13 heavy (non-hydrogen) atoms. The van der Waals surface area contributed by atoms with E-state index in [9.17, 15) is 5.11 Å². The van der Waals surface area contributed by atoms with Crippen molar-refractivity contribution in [1.82, 2.24) is 0 Å². The number of rotatable bonds is 8. The van der Waals surface area contributed by atoms with Crippen molar-refractivity contribution in [3.8, 4) is 0 Å². The van der Waals surface area contributed by atoms with E-state index in [1.165, 1.54) is 32.1 Å². The Morgan fingerprint density at radius 2 is 1.54 bits per heavy atom. The zero-order chi connectivity index (χ0) is 10.2. The molecule has 0 fully saturated rings. The molecular weight excluding hydrogens is 162 g/mol. The highest BCUT2D eigenvalue weighted by atomic mass is 16.3. The lowest BCUT2D eigenvalue weighted by Crippen LogP contribution is -2.38. The van der Waals surface area contributed by atoms with Gasteiger partial charge >= 0.3 is 0 Å². The van der Waals surface area contributed by atoms with Crippen LogP contribution in [0.25, 0.3) is 0 Å². The van der Waals surface area contributed by atoms with Gasteiger partial charge in [-0.1, -0.05) is 46.0 Å². The van der Waals surface area contributed by atoms with Crippen LogP contribution < -0.4 is 5.73 Å². The van der Waals surface area contributed by atoms with Crippen LogP contribution in [0.4, 0.5) is 0 Å². The van der Waals surface area contributed by atoms with E-state index in [0.29, 0.717) is 6.42 Å². The molecule has 0 heterocycles. The van der Waals surface area contributed by atoms with Gasteiger partial charge in [-0.3, -0.25) is 0 Å². The summed E-state index contributed by atoms with van der Waals surface area (Å²) in [4.78, 5) is 0. The Bertz CT molecular complexity index is 113. The Morgan fingerprint density at radius 3 is 2.08 bits per heavy atom. The number of hydrogen-bond acceptors (Lipinski definition) is 2. The quantitative estimate of drug-likeness (QED) is 0.453. The molecule has 1 unspecified atom stereocenters. The Labute approximate surface area is 82.5 Å². The van der Waals surface area contributed by atoms with Crippen molar-refractivity contribution in [2.24, 2.45) is 5.73 Å². The first kappa shape index (κ1) is 12.9. The summed E-state index contributed by atoms with van der Waals surface area (Å²) in [5.74, 6) is 0. The van der Waals surface area contributed by atoms with E-state index >= 15 is 0 Å². The van der Waals surface area contributed by atoms with Gasteiger partial charge in [0.2, 0.25) is 0 Å². The minimum Gasteiger partial charge on any atom is -0.376 e. The third-order valence-electron chi connectivity index (χ3n) is 2.58. The average Bonchev–Trinajstić information content (AvgIpc) is 2.11.